The number of nitrogens with zero attached hydrogens (tertiary/aromatic N) is 7. The van der Waals surface area contributed by atoms with E-state index >= 15 is 8.78 Å². The van der Waals surface area contributed by atoms with Crippen LogP contribution in [-0.2, 0) is 43.9 Å². The van der Waals surface area contributed by atoms with Crippen LogP contribution in [0.4, 0.5) is 14.6 Å². The number of nitrogens with two attached hydrogens (primary N) is 1. The van der Waals surface area contributed by atoms with Crippen molar-refractivity contribution in [2.24, 2.45) is 0 Å². The smallest absolute Gasteiger partial charge is 0.382 e. The summed E-state index contributed by atoms with van der Waals surface area (Å²) < 4.78 is 79.6. The number of alkyl halides is 2. The molecule has 7 rings (SSSR count). The van der Waals surface area contributed by atoms with Gasteiger partial charge in [0.25, 0.3) is 5.56 Å². The lowest BCUT2D eigenvalue weighted by molar-refractivity contribution is -0.0623. The molecule has 6 unspecified atom stereocenters. The van der Waals surface area contributed by atoms with E-state index in [0.717, 1.165) is 23.5 Å². The van der Waals surface area contributed by atoms with Crippen molar-refractivity contribution in [3.8, 4) is 0 Å². The maximum atomic E-state index is 15.9. The standard InChI is InChI=1S/C20H21F2N9O10P2S/c21-9-13-8(39-19(9)30-5-28-11-15(23)24-3-25-16(11)30)2-37-43(35,44)41-14-7(1-36-42(33,34)40-13)38-20(10(14)22)31-6-29-12-17(31)26-4-27-18(12)32/h3-10,13-14,19-20H,1-2H2,(H,33,34)(H,35,44)(H2,23,24,25)(H,26,27,32)/t7?,8?,9-,10-,13-,14-,19?,20?,43?/m1/s1. The van der Waals surface area contributed by atoms with Crippen molar-refractivity contribution in [1.29, 1.82) is 0 Å². The van der Waals surface area contributed by atoms with Crippen molar-refractivity contribution in [3.63, 3.8) is 0 Å². The Morgan fingerprint density at radius 3 is 2.18 bits per heavy atom. The van der Waals surface area contributed by atoms with E-state index < -0.39 is 82.5 Å². The lowest BCUT2D eigenvalue weighted by Crippen LogP contribution is -2.37. The Balaban J connectivity index is 1.17. The number of hydrogen-bond acceptors (Lipinski definition) is 15. The number of aromatic nitrogens is 8. The fourth-order valence-corrected chi connectivity index (χ4v) is 7.56. The quantitative estimate of drug-likeness (QED) is 0.206. The molecular weight excluding hydrogens is 658 g/mol. The number of aromatic amines is 1. The molecule has 3 fully saturated rings. The molecule has 0 amide bonds. The SMILES string of the molecule is Nc1ncnc2c1ncn2C1OC2COP(O)(=S)O[C@@H]3C(COP(=O)(O)O[C@H]2[C@H]1F)OC(n1cnc2c(=O)[nH]cnc21)[C@@H]3F. The Bertz CT molecular complexity index is 1900. The summed E-state index contributed by atoms with van der Waals surface area (Å²) in [6, 6.07) is 0. The first-order chi connectivity index (χ1) is 20.9. The zero-order valence-corrected chi connectivity index (χ0v) is 24.4. The molecule has 44 heavy (non-hydrogen) atoms. The second-order valence-electron chi connectivity index (χ2n) is 9.83. The zero-order valence-electron chi connectivity index (χ0n) is 21.8. The lowest BCUT2D eigenvalue weighted by atomic mass is 10.1. The maximum absolute atomic E-state index is 15.9. The molecule has 0 radical (unpaired) electrons. The van der Waals surface area contributed by atoms with Gasteiger partial charge in [0.2, 0.25) is 0 Å². The molecular formula is C20H21F2N9O10P2S. The number of imidazole rings is 2. The summed E-state index contributed by atoms with van der Waals surface area (Å²) in [5.74, 6) is 0.0203. The molecule has 24 heteroatoms. The lowest BCUT2D eigenvalue weighted by Gasteiger charge is -2.28. The number of phosphoric acid groups is 1. The molecule has 19 nitrogen and oxygen atoms in total. The molecule has 7 heterocycles. The van der Waals surface area contributed by atoms with Crippen LogP contribution >= 0.6 is 14.5 Å². The number of anilines is 1. The van der Waals surface area contributed by atoms with Crippen molar-refractivity contribution in [3.05, 3.63) is 35.7 Å². The van der Waals surface area contributed by atoms with Gasteiger partial charge in [-0.15, -0.1) is 0 Å². The van der Waals surface area contributed by atoms with Gasteiger partial charge in [0, 0.05) is 0 Å². The number of H-pyrrole nitrogens is 1. The van der Waals surface area contributed by atoms with Crippen molar-refractivity contribution in [1.82, 2.24) is 39.0 Å². The summed E-state index contributed by atoms with van der Waals surface area (Å²) in [7, 11) is -5.09. The Morgan fingerprint density at radius 2 is 1.50 bits per heavy atom. The van der Waals surface area contributed by atoms with Gasteiger partial charge in [-0.3, -0.25) is 27.5 Å². The van der Waals surface area contributed by atoms with Crippen LogP contribution in [0.2, 0.25) is 0 Å². The van der Waals surface area contributed by atoms with E-state index in [-0.39, 0.29) is 28.1 Å². The number of hydrogen-bond donors (Lipinski definition) is 4. The highest BCUT2D eigenvalue weighted by Gasteiger charge is 2.54. The molecule has 3 aliphatic rings. The van der Waals surface area contributed by atoms with Crippen molar-refractivity contribution >= 4 is 54.5 Å². The Morgan fingerprint density at radius 1 is 0.909 bits per heavy atom. The molecule has 3 saturated heterocycles. The minimum atomic E-state index is -5.09. The molecule has 0 saturated carbocycles. The number of nitrogen functional groups attached to an aromatic ring is 1. The monoisotopic (exact) mass is 679 g/mol. The first-order valence-corrected chi connectivity index (χ1v) is 16.7. The first kappa shape index (κ1) is 29.8. The summed E-state index contributed by atoms with van der Waals surface area (Å²) in [5, 5.41) is 0. The molecule has 0 aromatic carbocycles. The fraction of sp³-hybridized carbons (Fsp3) is 0.500. The molecule has 0 spiro atoms. The summed E-state index contributed by atoms with van der Waals surface area (Å²) >= 11 is 5.10. The zero-order chi connectivity index (χ0) is 31.0. The van der Waals surface area contributed by atoms with Gasteiger partial charge in [-0.05, 0) is 11.8 Å². The second-order valence-corrected chi connectivity index (χ2v) is 14.0. The van der Waals surface area contributed by atoms with Crippen LogP contribution in [0.5, 0.6) is 0 Å². The van der Waals surface area contributed by atoms with Crippen LogP contribution < -0.4 is 11.3 Å². The minimum absolute atomic E-state index is 0.0203. The average Bonchev–Trinajstić information content (AvgIpc) is 3.73. The number of rotatable bonds is 2. The van der Waals surface area contributed by atoms with Crippen LogP contribution in [-0.4, -0.2) is 98.8 Å². The van der Waals surface area contributed by atoms with Crippen molar-refractivity contribution in [2.45, 2.75) is 49.2 Å². The average molecular weight is 679 g/mol. The minimum Gasteiger partial charge on any atom is -0.382 e. The summed E-state index contributed by atoms with van der Waals surface area (Å²) in [4.78, 5) is 55.6. The predicted octanol–water partition coefficient (Wildman–Crippen LogP) is 0.147. The number of nitrogens with one attached hydrogen (secondary N) is 1. The molecule has 0 aliphatic carbocycles. The third-order valence-corrected chi connectivity index (χ3v) is 9.69. The summed E-state index contributed by atoms with van der Waals surface area (Å²) in [6.07, 6.45) is -9.27. The van der Waals surface area contributed by atoms with Crippen LogP contribution in [0, 0.1) is 0 Å². The second kappa shape index (κ2) is 10.9. The highest BCUT2D eigenvalue weighted by Crippen LogP contribution is 2.54. The van der Waals surface area contributed by atoms with Gasteiger partial charge in [-0.1, -0.05) is 0 Å². The predicted molar refractivity (Wildman–Crippen MR) is 143 cm³/mol. The Hall–Kier alpha value is -2.88. The van der Waals surface area contributed by atoms with E-state index in [4.69, 9.17) is 45.1 Å². The number of ether oxygens (including phenoxy) is 2. The topological polar surface area (TPSA) is 246 Å². The van der Waals surface area contributed by atoms with Gasteiger partial charge < -0.3 is 34.5 Å². The van der Waals surface area contributed by atoms with Gasteiger partial charge in [0.15, 0.2) is 47.4 Å². The third-order valence-electron chi connectivity index (χ3n) is 7.15. The van der Waals surface area contributed by atoms with Gasteiger partial charge in [0.05, 0.1) is 32.2 Å². The van der Waals surface area contributed by atoms with E-state index in [1.165, 1.54) is 10.9 Å². The van der Waals surface area contributed by atoms with Crippen LogP contribution in [0.15, 0.2) is 30.1 Å². The highest BCUT2D eigenvalue weighted by molar-refractivity contribution is 8.07. The number of phosphoric ester groups is 1. The Kier molecular flexibility index (Phi) is 7.37. The van der Waals surface area contributed by atoms with Crippen LogP contribution in [0.1, 0.15) is 12.5 Å². The summed E-state index contributed by atoms with van der Waals surface area (Å²) in [5.41, 5.74) is 5.31. The molecule has 3 aliphatic heterocycles. The van der Waals surface area contributed by atoms with Crippen LogP contribution in [0.25, 0.3) is 22.3 Å². The summed E-state index contributed by atoms with van der Waals surface area (Å²) in [6.45, 7) is -5.87. The van der Waals surface area contributed by atoms with Gasteiger partial charge in [0.1, 0.15) is 36.3 Å². The molecule has 4 aromatic rings. The molecule has 4 aromatic heterocycles. The van der Waals surface area contributed by atoms with Gasteiger partial charge in [-0.25, -0.2) is 38.3 Å². The maximum Gasteiger partial charge on any atom is 0.472 e. The highest BCUT2D eigenvalue weighted by atomic mass is 32.5. The normalized spacial score (nSPS) is 38.3. The number of fused-ring (bicyclic) bond motifs is 4. The van der Waals surface area contributed by atoms with E-state index in [2.05, 4.69) is 29.9 Å². The molecule has 0 bridgehead atoms. The van der Waals surface area contributed by atoms with E-state index in [0.29, 0.717) is 0 Å². The fourth-order valence-electron chi connectivity index (χ4n) is 5.17. The van der Waals surface area contributed by atoms with Gasteiger partial charge in [-0.2, -0.15) is 0 Å². The molecule has 10 atom stereocenters. The van der Waals surface area contributed by atoms with E-state index in [1.54, 1.807) is 0 Å². The van der Waals surface area contributed by atoms with Crippen molar-refractivity contribution in [2.75, 3.05) is 18.9 Å². The number of halogens is 2. The van der Waals surface area contributed by atoms with Crippen LogP contribution in [0.3, 0.4) is 0 Å². The van der Waals surface area contributed by atoms with Gasteiger partial charge >= 0.3 is 14.5 Å². The van der Waals surface area contributed by atoms with E-state index in [9.17, 15) is 19.1 Å². The Labute approximate surface area is 248 Å². The molecule has 5 N–H and O–H groups in total. The van der Waals surface area contributed by atoms with E-state index in [1.807, 2.05) is 0 Å². The molecule has 236 valence electrons. The first-order valence-electron chi connectivity index (χ1n) is 12.7. The van der Waals surface area contributed by atoms with Crippen molar-refractivity contribution < 1.29 is 50.7 Å². The third kappa shape index (κ3) is 5.14. The largest absolute Gasteiger partial charge is 0.472 e.